The van der Waals surface area contributed by atoms with E-state index in [-0.39, 0.29) is 23.9 Å². The summed E-state index contributed by atoms with van der Waals surface area (Å²) < 4.78 is 11.0. The molecule has 6 nitrogen and oxygen atoms in total. The van der Waals surface area contributed by atoms with Crippen molar-refractivity contribution in [2.45, 2.75) is 13.3 Å². The first kappa shape index (κ1) is 21.8. The molecule has 1 N–H and O–H groups in total. The van der Waals surface area contributed by atoms with Gasteiger partial charge in [-0.15, -0.1) is 0 Å². The van der Waals surface area contributed by atoms with E-state index >= 15 is 0 Å². The van der Waals surface area contributed by atoms with E-state index in [0.29, 0.717) is 30.0 Å². The van der Waals surface area contributed by atoms with E-state index in [0.717, 1.165) is 5.56 Å². The third-order valence-electron chi connectivity index (χ3n) is 4.48. The minimum Gasteiger partial charge on any atom is -0.456 e. The van der Waals surface area contributed by atoms with Gasteiger partial charge in [-0.1, -0.05) is 54.6 Å². The number of carbonyl (C=O) groups is 3. The van der Waals surface area contributed by atoms with Gasteiger partial charge in [-0.25, -0.2) is 4.79 Å². The molecule has 158 valence electrons. The molecular formula is C25H23NO5. The first-order valence-corrected chi connectivity index (χ1v) is 9.88. The van der Waals surface area contributed by atoms with Crippen molar-refractivity contribution >= 4 is 17.7 Å². The Morgan fingerprint density at radius 3 is 2.23 bits per heavy atom. The average molecular weight is 417 g/mol. The highest BCUT2D eigenvalue weighted by molar-refractivity contribution is 6.00. The Balaban J connectivity index is 1.57. The second-order valence-corrected chi connectivity index (χ2v) is 6.84. The highest BCUT2D eigenvalue weighted by atomic mass is 16.5. The summed E-state index contributed by atoms with van der Waals surface area (Å²) in [5, 5.41) is 2.73. The van der Waals surface area contributed by atoms with Crippen molar-refractivity contribution in [2.75, 3.05) is 13.2 Å². The number of nitrogens with one attached hydrogen (secondary N) is 1. The molecule has 0 aliphatic rings. The van der Waals surface area contributed by atoms with Gasteiger partial charge in [0, 0.05) is 19.0 Å². The van der Waals surface area contributed by atoms with Gasteiger partial charge < -0.3 is 14.8 Å². The lowest BCUT2D eigenvalue weighted by atomic mass is 10.1. The van der Waals surface area contributed by atoms with Crippen LogP contribution in [0.1, 0.15) is 33.2 Å². The van der Waals surface area contributed by atoms with Crippen LogP contribution in [0.5, 0.6) is 11.5 Å². The van der Waals surface area contributed by atoms with Gasteiger partial charge in [0.05, 0.1) is 0 Å². The standard InChI is InChI=1S/C25H23NO5/c1-18(27)26-16-15-19-11-13-20(14-12-19)23(28)17-30-25(29)22-9-5-6-10-24(22)31-21-7-3-2-4-8-21/h2-14H,15-17H2,1H3,(H,26,27). The summed E-state index contributed by atoms with van der Waals surface area (Å²) in [4.78, 5) is 35.8. The number of Topliss-reactive ketones (excluding diaryl/α,β-unsaturated/α-hetero) is 1. The molecule has 31 heavy (non-hydrogen) atoms. The molecule has 0 spiro atoms. The number of hydrogen-bond acceptors (Lipinski definition) is 5. The third-order valence-corrected chi connectivity index (χ3v) is 4.48. The number of amides is 1. The second kappa shape index (κ2) is 10.7. The van der Waals surface area contributed by atoms with E-state index in [4.69, 9.17) is 9.47 Å². The smallest absolute Gasteiger partial charge is 0.342 e. The predicted molar refractivity (Wildman–Crippen MR) is 116 cm³/mol. The summed E-state index contributed by atoms with van der Waals surface area (Å²) in [6.07, 6.45) is 0.668. The van der Waals surface area contributed by atoms with Crippen molar-refractivity contribution in [1.82, 2.24) is 5.32 Å². The highest BCUT2D eigenvalue weighted by Crippen LogP contribution is 2.25. The van der Waals surface area contributed by atoms with Crippen LogP contribution in [0.25, 0.3) is 0 Å². The molecule has 1 amide bonds. The molecule has 0 heterocycles. The maximum atomic E-state index is 12.5. The fourth-order valence-electron chi connectivity index (χ4n) is 2.87. The summed E-state index contributed by atoms with van der Waals surface area (Å²) >= 11 is 0. The van der Waals surface area contributed by atoms with Gasteiger partial charge >= 0.3 is 5.97 Å². The van der Waals surface area contributed by atoms with Crippen LogP contribution in [0.15, 0.2) is 78.9 Å². The number of benzene rings is 3. The quantitative estimate of drug-likeness (QED) is 0.417. The van der Waals surface area contributed by atoms with Gasteiger partial charge in [0.25, 0.3) is 0 Å². The number of para-hydroxylation sites is 2. The molecule has 0 aromatic heterocycles. The molecule has 0 fully saturated rings. The van der Waals surface area contributed by atoms with Crippen LogP contribution in [0, 0.1) is 0 Å². The van der Waals surface area contributed by atoms with Crippen molar-refractivity contribution in [1.29, 1.82) is 0 Å². The second-order valence-electron chi connectivity index (χ2n) is 6.84. The fraction of sp³-hybridized carbons (Fsp3) is 0.160. The van der Waals surface area contributed by atoms with Crippen molar-refractivity contribution in [3.63, 3.8) is 0 Å². The van der Waals surface area contributed by atoms with Crippen molar-refractivity contribution < 1.29 is 23.9 Å². The topological polar surface area (TPSA) is 81.7 Å². The maximum absolute atomic E-state index is 12.5. The maximum Gasteiger partial charge on any atom is 0.342 e. The molecule has 0 radical (unpaired) electrons. The first-order chi connectivity index (χ1) is 15.0. The number of ether oxygens (including phenoxy) is 2. The van der Waals surface area contributed by atoms with E-state index in [1.54, 1.807) is 48.5 Å². The highest BCUT2D eigenvalue weighted by Gasteiger charge is 2.16. The number of esters is 1. The van der Waals surface area contributed by atoms with Crippen LogP contribution >= 0.6 is 0 Å². The van der Waals surface area contributed by atoms with Gasteiger partial charge in [-0.05, 0) is 36.2 Å². The lowest BCUT2D eigenvalue weighted by Crippen LogP contribution is -2.22. The minimum absolute atomic E-state index is 0.0793. The Hall–Kier alpha value is -3.93. The van der Waals surface area contributed by atoms with Crippen molar-refractivity contribution in [2.24, 2.45) is 0 Å². The van der Waals surface area contributed by atoms with Crippen LogP contribution in [0.2, 0.25) is 0 Å². The van der Waals surface area contributed by atoms with E-state index in [9.17, 15) is 14.4 Å². The summed E-state index contributed by atoms with van der Waals surface area (Å²) in [5.41, 5.74) is 1.69. The third kappa shape index (κ3) is 6.54. The number of hydrogen-bond donors (Lipinski definition) is 1. The molecule has 0 aliphatic carbocycles. The van der Waals surface area contributed by atoms with Gasteiger partial charge in [0.15, 0.2) is 12.4 Å². The Bertz CT molecular complexity index is 1050. The SMILES string of the molecule is CC(=O)NCCc1ccc(C(=O)COC(=O)c2ccccc2Oc2ccccc2)cc1. The van der Waals surface area contributed by atoms with E-state index in [1.807, 2.05) is 30.3 Å². The van der Waals surface area contributed by atoms with Crippen LogP contribution in [0.3, 0.4) is 0 Å². The van der Waals surface area contributed by atoms with E-state index in [2.05, 4.69) is 5.32 Å². The molecule has 0 unspecified atom stereocenters. The Labute approximate surface area is 180 Å². The Kier molecular flexibility index (Phi) is 7.54. The zero-order valence-corrected chi connectivity index (χ0v) is 17.2. The number of ketones is 1. The Morgan fingerprint density at radius 2 is 1.52 bits per heavy atom. The average Bonchev–Trinajstić information content (AvgIpc) is 2.78. The molecule has 0 saturated heterocycles. The summed E-state index contributed by atoms with van der Waals surface area (Å²) in [7, 11) is 0. The fourth-order valence-corrected chi connectivity index (χ4v) is 2.87. The summed E-state index contributed by atoms with van der Waals surface area (Å²) in [6, 6.07) is 22.8. The van der Waals surface area contributed by atoms with Gasteiger partial charge in [0.2, 0.25) is 5.91 Å². The molecule has 3 rings (SSSR count). The van der Waals surface area contributed by atoms with E-state index < -0.39 is 5.97 Å². The predicted octanol–water partition coefficient (Wildman–Crippen LogP) is 4.20. The lowest BCUT2D eigenvalue weighted by molar-refractivity contribution is -0.118. The van der Waals surface area contributed by atoms with E-state index in [1.165, 1.54) is 6.92 Å². The van der Waals surface area contributed by atoms with Crippen molar-refractivity contribution in [3.8, 4) is 11.5 Å². The molecule has 0 bridgehead atoms. The summed E-state index contributed by atoms with van der Waals surface area (Å²) in [5.74, 6) is -0.0634. The van der Waals surface area contributed by atoms with Gasteiger partial charge in [0.1, 0.15) is 17.1 Å². The van der Waals surface area contributed by atoms with Gasteiger partial charge in [-0.2, -0.15) is 0 Å². The van der Waals surface area contributed by atoms with Crippen molar-refractivity contribution in [3.05, 3.63) is 95.6 Å². The molecule has 3 aromatic carbocycles. The van der Waals surface area contributed by atoms with Crippen LogP contribution in [-0.2, 0) is 16.0 Å². The largest absolute Gasteiger partial charge is 0.456 e. The van der Waals surface area contributed by atoms with Crippen LogP contribution in [-0.4, -0.2) is 30.8 Å². The zero-order valence-electron chi connectivity index (χ0n) is 17.2. The number of rotatable bonds is 9. The summed E-state index contributed by atoms with van der Waals surface area (Å²) in [6.45, 7) is 1.63. The Morgan fingerprint density at radius 1 is 0.839 bits per heavy atom. The van der Waals surface area contributed by atoms with Gasteiger partial charge in [-0.3, -0.25) is 9.59 Å². The molecule has 0 saturated carbocycles. The minimum atomic E-state index is -0.633. The monoisotopic (exact) mass is 417 g/mol. The normalized spacial score (nSPS) is 10.2. The molecule has 0 atom stereocenters. The molecular weight excluding hydrogens is 394 g/mol. The first-order valence-electron chi connectivity index (χ1n) is 9.88. The molecule has 0 aliphatic heterocycles. The zero-order chi connectivity index (χ0) is 22.1. The number of carbonyl (C=O) groups excluding carboxylic acids is 3. The molecule has 6 heteroatoms. The van der Waals surface area contributed by atoms with Crippen LogP contribution in [0.4, 0.5) is 0 Å². The molecule has 3 aromatic rings. The lowest BCUT2D eigenvalue weighted by Gasteiger charge is -2.11. The van der Waals surface area contributed by atoms with Crippen LogP contribution < -0.4 is 10.1 Å².